The lowest BCUT2D eigenvalue weighted by Gasteiger charge is -2.09. The van der Waals surface area contributed by atoms with Gasteiger partial charge in [0, 0.05) is 15.8 Å². The van der Waals surface area contributed by atoms with Crippen molar-refractivity contribution < 1.29 is 9.53 Å². The van der Waals surface area contributed by atoms with E-state index < -0.39 is 11.5 Å². The number of hydrogen-bond acceptors (Lipinski definition) is 6. The molecule has 1 heterocycles. The van der Waals surface area contributed by atoms with Crippen molar-refractivity contribution in [3.05, 3.63) is 74.5 Å². The molecule has 0 unspecified atom stereocenters. The van der Waals surface area contributed by atoms with Crippen LogP contribution in [-0.2, 0) is 5.75 Å². The number of nitrogen functional groups attached to an aromatic ring is 1. The van der Waals surface area contributed by atoms with Gasteiger partial charge >= 0.3 is 0 Å². The molecule has 0 saturated carbocycles. The van der Waals surface area contributed by atoms with E-state index >= 15 is 0 Å². The van der Waals surface area contributed by atoms with Gasteiger partial charge in [0.15, 0.2) is 11.0 Å². The first-order valence-electron chi connectivity index (χ1n) is 8.77. The van der Waals surface area contributed by atoms with Gasteiger partial charge in [0.1, 0.15) is 11.4 Å². The van der Waals surface area contributed by atoms with Crippen LogP contribution in [0.4, 0.5) is 11.5 Å². The molecular weight excluding hydrogens is 456 g/mol. The molecule has 0 atom stereocenters. The van der Waals surface area contributed by atoms with Gasteiger partial charge in [-0.3, -0.25) is 14.6 Å². The Morgan fingerprint density at radius 2 is 1.90 bits per heavy atom. The van der Waals surface area contributed by atoms with Crippen LogP contribution in [0.1, 0.15) is 22.8 Å². The van der Waals surface area contributed by atoms with Gasteiger partial charge in [-0.1, -0.05) is 39.8 Å². The lowest BCUT2D eigenvalue weighted by Crippen LogP contribution is -2.23. The second kappa shape index (κ2) is 9.62. The van der Waals surface area contributed by atoms with E-state index in [1.165, 1.54) is 11.8 Å². The minimum Gasteiger partial charge on any atom is -0.494 e. The molecule has 0 saturated heterocycles. The minimum atomic E-state index is -0.505. The summed E-state index contributed by atoms with van der Waals surface area (Å²) in [4.78, 5) is 31.7. The first kappa shape index (κ1) is 20.9. The number of ether oxygens (including phenoxy) is 1. The zero-order chi connectivity index (χ0) is 20.8. The van der Waals surface area contributed by atoms with E-state index in [0.717, 1.165) is 10.0 Å². The zero-order valence-corrected chi connectivity index (χ0v) is 18.0. The number of halogens is 1. The average molecular weight is 475 g/mol. The van der Waals surface area contributed by atoms with Gasteiger partial charge in [-0.15, -0.1) is 0 Å². The number of H-pyrrole nitrogens is 1. The average Bonchev–Trinajstić information content (AvgIpc) is 2.71. The molecule has 4 N–H and O–H groups in total. The molecule has 3 rings (SSSR count). The number of benzene rings is 2. The van der Waals surface area contributed by atoms with Gasteiger partial charge in [0.25, 0.3) is 11.5 Å². The summed E-state index contributed by atoms with van der Waals surface area (Å²) in [5.74, 6) is 0.789. The summed E-state index contributed by atoms with van der Waals surface area (Å²) in [6.45, 7) is 2.42. The van der Waals surface area contributed by atoms with Crippen LogP contribution in [0.15, 0.2) is 63.0 Å². The van der Waals surface area contributed by atoms with E-state index in [2.05, 4.69) is 31.2 Å². The highest BCUT2D eigenvalue weighted by Crippen LogP contribution is 2.22. The van der Waals surface area contributed by atoms with Gasteiger partial charge in [0.05, 0.1) is 6.61 Å². The minimum absolute atomic E-state index is 0.0358. The molecule has 0 aliphatic heterocycles. The smallest absolute Gasteiger partial charge is 0.277 e. The Morgan fingerprint density at radius 3 is 2.52 bits per heavy atom. The summed E-state index contributed by atoms with van der Waals surface area (Å²) in [5, 5.41) is 2.91. The first-order chi connectivity index (χ1) is 14.0. The molecule has 0 bridgehead atoms. The number of aromatic amines is 1. The van der Waals surface area contributed by atoms with E-state index in [9.17, 15) is 9.59 Å². The van der Waals surface area contributed by atoms with Gasteiger partial charge in [-0.05, 0) is 48.9 Å². The highest BCUT2D eigenvalue weighted by Gasteiger charge is 2.14. The van der Waals surface area contributed by atoms with Gasteiger partial charge in [-0.25, -0.2) is 4.98 Å². The van der Waals surface area contributed by atoms with E-state index in [1.54, 1.807) is 24.3 Å². The van der Waals surface area contributed by atoms with Crippen molar-refractivity contribution in [3.63, 3.8) is 0 Å². The lowest BCUT2D eigenvalue weighted by atomic mass is 10.2. The number of nitrogens with one attached hydrogen (secondary N) is 2. The number of nitrogens with zero attached hydrogens (tertiary/aromatic N) is 1. The van der Waals surface area contributed by atoms with Crippen molar-refractivity contribution in [2.45, 2.75) is 17.8 Å². The number of amides is 1. The fraction of sp³-hybridized carbons (Fsp3) is 0.150. The molecule has 29 heavy (non-hydrogen) atoms. The summed E-state index contributed by atoms with van der Waals surface area (Å²) in [6, 6.07) is 14.4. The first-order valence-corrected chi connectivity index (χ1v) is 10.6. The van der Waals surface area contributed by atoms with E-state index in [1.807, 2.05) is 31.2 Å². The van der Waals surface area contributed by atoms with Crippen molar-refractivity contribution in [3.8, 4) is 5.75 Å². The maximum Gasteiger partial charge on any atom is 0.277 e. The summed E-state index contributed by atoms with van der Waals surface area (Å²) >= 11 is 4.74. The third-order valence-corrected chi connectivity index (χ3v) is 5.35. The maximum atomic E-state index is 12.4. The Balaban J connectivity index is 1.69. The van der Waals surface area contributed by atoms with Crippen LogP contribution in [0.5, 0.6) is 5.75 Å². The fourth-order valence-corrected chi connectivity index (χ4v) is 3.53. The molecule has 1 amide bonds. The molecular formula is C20H19BrN4O3S. The summed E-state index contributed by atoms with van der Waals surface area (Å²) in [7, 11) is 0. The summed E-state index contributed by atoms with van der Waals surface area (Å²) in [6.07, 6.45) is 0. The van der Waals surface area contributed by atoms with Crippen LogP contribution in [0, 0.1) is 0 Å². The Morgan fingerprint density at radius 1 is 1.21 bits per heavy atom. The van der Waals surface area contributed by atoms with Gasteiger partial charge < -0.3 is 15.8 Å². The maximum absolute atomic E-state index is 12.4. The van der Waals surface area contributed by atoms with Crippen molar-refractivity contribution in [1.29, 1.82) is 0 Å². The molecule has 9 heteroatoms. The molecule has 3 aromatic rings. The SMILES string of the molecule is CCOc1ccc(C(=O)Nc2c(N)nc(SCc3ccc(Br)cc3)[nH]c2=O)cc1. The van der Waals surface area contributed by atoms with Gasteiger partial charge in [0.2, 0.25) is 0 Å². The Labute approximate surface area is 180 Å². The predicted molar refractivity (Wildman–Crippen MR) is 119 cm³/mol. The molecule has 0 radical (unpaired) electrons. The predicted octanol–water partition coefficient (Wildman–Crippen LogP) is 4.06. The number of hydrogen-bond donors (Lipinski definition) is 3. The number of nitrogens with two attached hydrogens (primary N) is 1. The number of thioether (sulfide) groups is 1. The third kappa shape index (κ3) is 5.61. The largest absolute Gasteiger partial charge is 0.494 e. The molecule has 0 spiro atoms. The van der Waals surface area contributed by atoms with Crippen LogP contribution in [0.25, 0.3) is 0 Å². The van der Waals surface area contributed by atoms with Gasteiger partial charge in [-0.2, -0.15) is 0 Å². The Bertz CT molecular complexity index is 1050. The number of aromatic nitrogens is 2. The van der Waals surface area contributed by atoms with Crippen LogP contribution in [0.3, 0.4) is 0 Å². The standard InChI is InChI=1S/C20H19BrN4O3S/c1-2-28-15-9-5-13(6-10-15)18(26)23-16-17(22)24-20(25-19(16)27)29-11-12-3-7-14(21)8-4-12/h3-10H,2,11H2,1H3,(H,23,26)(H3,22,24,25,27). The van der Waals surface area contributed by atoms with E-state index in [-0.39, 0.29) is 11.5 Å². The second-order valence-electron chi connectivity index (χ2n) is 5.96. The van der Waals surface area contributed by atoms with Crippen LogP contribution in [0.2, 0.25) is 0 Å². The molecule has 0 aliphatic rings. The van der Waals surface area contributed by atoms with Crippen LogP contribution >= 0.6 is 27.7 Å². The number of carbonyl (C=O) groups excluding carboxylic acids is 1. The number of anilines is 2. The number of carbonyl (C=O) groups is 1. The van der Waals surface area contributed by atoms with Crippen molar-refractivity contribution in [1.82, 2.24) is 9.97 Å². The van der Waals surface area contributed by atoms with Crippen LogP contribution in [-0.4, -0.2) is 22.5 Å². The van der Waals surface area contributed by atoms with Crippen molar-refractivity contribution in [2.75, 3.05) is 17.7 Å². The number of rotatable bonds is 7. The molecule has 150 valence electrons. The monoisotopic (exact) mass is 474 g/mol. The van der Waals surface area contributed by atoms with E-state index in [4.69, 9.17) is 10.5 Å². The molecule has 7 nitrogen and oxygen atoms in total. The molecule has 0 aliphatic carbocycles. The molecule has 0 fully saturated rings. The van der Waals surface area contributed by atoms with Crippen molar-refractivity contribution in [2.24, 2.45) is 0 Å². The zero-order valence-electron chi connectivity index (χ0n) is 15.6. The quantitative estimate of drug-likeness (QED) is 0.351. The summed E-state index contributed by atoms with van der Waals surface area (Å²) < 4.78 is 6.34. The summed E-state index contributed by atoms with van der Waals surface area (Å²) in [5.41, 5.74) is 6.79. The van der Waals surface area contributed by atoms with Crippen LogP contribution < -0.4 is 21.3 Å². The van der Waals surface area contributed by atoms with E-state index in [0.29, 0.717) is 28.8 Å². The van der Waals surface area contributed by atoms with Crippen molar-refractivity contribution >= 4 is 45.1 Å². The Kier molecular flexibility index (Phi) is 6.95. The normalized spacial score (nSPS) is 10.6. The Hall–Kier alpha value is -2.78. The third-order valence-electron chi connectivity index (χ3n) is 3.88. The highest BCUT2D eigenvalue weighted by atomic mass is 79.9. The second-order valence-corrected chi connectivity index (χ2v) is 7.84. The molecule has 2 aromatic carbocycles. The molecule has 1 aromatic heterocycles. The fourth-order valence-electron chi connectivity index (χ4n) is 2.45. The lowest BCUT2D eigenvalue weighted by molar-refractivity contribution is 0.102. The topological polar surface area (TPSA) is 110 Å². The highest BCUT2D eigenvalue weighted by molar-refractivity contribution is 9.10.